The Labute approximate surface area is 80.9 Å². The molecular formula is C6H13N4O2S+. The summed E-state index contributed by atoms with van der Waals surface area (Å²) in [5.74, 6) is 3.02. The highest BCUT2D eigenvalue weighted by Gasteiger charge is 2.40. The molecule has 1 saturated heterocycles. The number of hydrogen-bond acceptors (Lipinski definition) is 3. The van der Waals surface area contributed by atoms with Gasteiger partial charge < -0.3 is 15.8 Å². The van der Waals surface area contributed by atoms with Crippen LogP contribution in [0.5, 0.6) is 0 Å². The second-order valence-corrected chi connectivity index (χ2v) is 3.46. The van der Waals surface area contributed by atoms with Gasteiger partial charge in [0.25, 0.3) is 0 Å². The molecule has 0 unspecified atom stereocenters. The quantitative estimate of drug-likeness (QED) is 0.295. The Hall–Kier alpha value is -0.920. The van der Waals surface area contributed by atoms with Crippen LogP contribution in [0.4, 0.5) is 0 Å². The molecule has 0 aromatic rings. The lowest BCUT2D eigenvalue weighted by Crippen LogP contribution is -2.74. The van der Waals surface area contributed by atoms with Crippen molar-refractivity contribution in [1.82, 2.24) is 10.7 Å². The van der Waals surface area contributed by atoms with Crippen LogP contribution < -0.4 is 22.3 Å². The van der Waals surface area contributed by atoms with Crippen LogP contribution in [0, 0.1) is 0 Å². The molecule has 0 aromatic carbocycles. The molecule has 1 aliphatic rings. The average molecular weight is 205 g/mol. The van der Waals surface area contributed by atoms with Gasteiger partial charge in [0.2, 0.25) is 11.0 Å². The van der Waals surface area contributed by atoms with Crippen LogP contribution in [0.15, 0.2) is 0 Å². The second kappa shape index (κ2) is 3.86. The molecule has 1 aliphatic heterocycles. The Bertz CT molecular complexity index is 229. The lowest BCUT2D eigenvalue weighted by molar-refractivity contribution is -0.419. The predicted molar refractivity (Wildman–Crippen MR) is 49.1 cm³/mol. The van der Waals surface area contributed by atoms with Crippen molar-refractivity contribution in [3.8, 4) is 0 Å². The first-order chi connectivity index (χ1) is 6.08. The summed E-state index contributed by atoms with van der Waals surface area (Å²) in [6.45, 7) is 0.884. The number of carbonyl (C=O) groups excluding carboxylic acids is 1. The van der Waals surface area contributed by atoms with Crippen molar-refractivity contribution < 1.29 is 15.4 Å². The minimum Gasteiger partial charge on any atom is -0.376 e. The minimum atomic E-state index is -0.423. The molecule has 1 amide bonds. The fraction of sp³-hybridized carbons (Fsp3) is 0.667. The lowest BCUT2D eigenvalue weighted by Gasteiger charge is -2.41. The maximum absolute atomic E-state index is 10.7. The van der Waals surface area contributed by atoms with Gasteiger partial charge in [-0.1, -0.05) is 0 Å². The Morgan fingerprint density at radius 1 is 1.69 bits per heavy atom. The van der Waals surface area contributed by atoms with Crippen LogP contribution in [0.2, 0.25) is 0 Å². The van der Waals surface area contributed by atoms with Crippen LogP contribution in [0.25, 0.3) is 0 Å². The Balaban J connectivity index is 2.49. The summed E-state index contributed by atoms with van der Waals surface area (Å²) in [7, 11) is 0. The highest BCUT2D eigenvalue weighted by atomic mass is 32.1. The number of nitrogens with one attached hydrogen (secondary N) is 2. The maximum atomic E-state index is 10.7. The fourth-order valence-corrected chi connectivity index (χ4v) is 1.40. The highest BCUT2D eigenvalue weighted by molar-refractivity contribution is 7.80. The van der Waals surface area contributed by atoms with E-state index in [4.69, 9.17) is 22.7 Å². The summed E-state index contributed by atoms with van der Waals surface area (Å²) >= 11 is 4.86. The second-order valence-electron chi connectivity index (χ2n) is 3.05. The van der Waals surface area contributed by atoms with E-state index in [-0.39, 0.29) is 12.3 Å². The van der Waals surface area contributed by atoms with E-state index in [1.54, 1.807) is 0 Å². The van der Waals surface area contributed by atoms with Crippen molar-refractivity contribution in [3.05, 3.63) is 0 Å². The number of quaternary nitrogens is 1. The minimum absolute atomic E-state index is 0.217. The van der Waals surface area contributed by atoms with Crippen LogP contribution in [0.1, 0.15) is 6.42 Å². The standard InChI is InChI=1S/C6H12N4O2S/c7-4(11)1-6(2-12-3-6)9-5(13)10-8/h1-3,8H2,(H2,7,11)(H2,9,10,13)/p+1. The predicted octanol–water partition coefficient (Wildman–Crippen LogP) is -2.75. The molecule has 0 bridgehead atoms. The largest absolute Gasteiger partial charge is 0.376 e. The molecule has 1 fully saturated rings. The molecule has 0 atom stereocenters. The number of thiocarbonyl (C=S) groups is 1. The van der Waals surface area contributed by atoms with Gasteiger partial charge in [0.1, 0.15) is 0 Å². The molecule has 0 spiro atoms. The first-order valence-electron chi connectivity index (χ1n) is 3.79. The van der Waals surface area contributed by atoms with Gasteiger partial charge in [0.05, 0.1) is 25.2 Å². The Kier molecular flexibility index (Phi) is 3.02. The molecule has 0 saturated carbocycles. The van der Waals surface area contributed by atoms with E-state index in [0.29, 0.717) is 18.3 Å². The Morgan fingerprint density at radius 3 is 2.62 bits per heavy atom. The van der Waals surface area contributed by atoms with Gasteiger partial charge in [-0.05, 0) is 12.2 Å². The van der Waals surface area contributed by atoms with Gasteiger partial charge in [0.15, 0.2) is 0 Å². The Morgan fingerprint density at radius 2 is 2.31 bits per heavy atom. The smallest absolute Gasteiger partial charge is 0.219 e. The first kappa shape index (κ1) is 10.2. The topological polar surface area (TPSA) is 104 Å². The van der Waals surface area contributed by atoms with E-state index in [2.05, 4.69) is 16.6 Å². The van der Waals surface area contributed by atoms with E-state index >= 15 is 0 Å². The summed E-state index contributed by atoms with van der Waals surface area (Å²) in [4.78, 5) is 10.7. The van der Waals surface area contributed by atoms with Gasteiger partial charge in [-0.2, -0.15) is 0 Å². The molecule has 1 heterocycles. The van der Waals surface area contributed by atoms with Gasteiger partial charge >= 0.3 is 0 Å². The third-order valence-electron chi connectivity index (χ3n) is 1.81. The van der Waals surface area contributed by atoms with Crippen LogP contribution in [-0.4, -0.2) is 29.8 Å². The van der Waals surface area contributed by atoms with Crippen LogP contribution in [0.3, 0.4) is 0 Å². The van der Waals surface area contributed by atoms with Crippen LogP contribution >= 0.6 is 12.2 Å². The molecule has 0 aromatic heterocycles. The molecule has 13 heavy (non-hydrogen) atoms. The van der Waals surface area contributed by atoms with E-state index in [1.807, 2.05) is 0 Å². The number of ether oxygens (including phenoxy) is 1. The van der Waals surface area contributed by atoms with Crippen LogP contribution in [-0.2, 0) is 9.53 Å². The number of nitrogens with two attached hydrogens (primary N) is 1. The summed E-state index contributed by atoms with van der Waals surface area (Å²) in [5, 5.41) is 3.34. The number of amides is 1. The molecule has 1 rings (SSSR count). The van der Waals surface area contributed by atoms with Gasteiger partial charge in [-0.25, -0.2) is 5.43 Å². The monoisotopic (exact) mass is 205 g/mol. The van der Waals surface area contributed by atoms with Crippen molar-refractivity contribution in [3.63, 3.8) is 0 Å². The van der Waals surface area contributed by atoms with E-state index in [1.165, 1.54) is 0 Å². The summed E-state index contributed by atoms with van der Waals surface area (Å²) < 4.78 is 5.01. The first-order valence-corrected chi connectivity index (χ1v) is 4.20. The highest BCUT2D eigenvalue weighted by Crippen LogP contribution is 2.20. The molecule has 0 radical (unpaired) electrons. The van der Waals surface area contributed by atoms with E-state index in [0.717, 1.165) is 0 Å². The van der Waals surface area contributed by atoms with Gasteiger partial charge in [-0.3, -0.25) is 10.6 Å². The van der Waals surface area contributed by atoms with Crippen molar-refractivity contribution in [2.45, 2.75) is 12.0 Å². The zero-order valence-electron chi connectivity index (χ0n) is 7.13. The zero-order chi connectivity index (χ0) is 9.90. The SMILES string of the molecule is NC(=O)CC1(NC(=S)N[NH3+])COC1. The van der Waals surface area contributed by atoms with Gasteiger partial charge in [-0.15, -0.1) is 0 Å². The molecule has 6 nitrogen and oxygen atoms in total. The summed E-state index contributed by atoms with van der Waals surface area (Å²) in [6.07, 6.45) is 0.217. The number of hydrogen-bond donors (Lipinski definition) is 4. The van der Waals surface area contributed by atoms with E-state index in [9.17, 15) is 4.79 Å². The van der Waals surface area contributed by atoms with Gasteiger partial charge in [0, 0.05) is 0 Å². The third-order valence-corrected chi connectivity index (χ3v) is 2.05. The van der Waals surface area contributed by atoms with Crippen molar-refractivity contribution in [1.29, 1.82) is 0 Å². The maximum Gasteiger partial charge on any atom is 0.219 e. The summed E-state index contributed by atoms with van der Waals surface area (Å²) in [6, 6.07) is 0. The summed E-state index contributed by atoms with van der Waals surface area (Å²) in [5.41, 5.74) is 7.19. The van der Waals surface area contributed by atoms with Crippen molar-refractivity contribution >= 4 is 23.2 Å². The molecule has 7 heteroatoms. The zero-order valence-corrected chi connectivity index (χ0v) is 7.95. The van der Waals surface area contributed by atoms with Crippen molar-refractivity contribution in [2.24, 2.45) is 5.73 Å². The van der Waals surface area contributed by atoms with E-state index < -0.39 is 5.54 Å². The molecule has 7 N–H and O–H groups in total. The number of carbonyl (C=O) groups is 1. The average Bonchev–Trinajstić information content (AvgIpc) is 1.99. The molecular weight excluding hydrogens is 192 g/mol. The normalized spacial score (nSPS) is 18.5. The van der Waals surface area contributed by atoms with Crippen molar-refractivity contribution in [2.75, 3.05) is 13.2 Å². The fourth-order valence-electron chi connectivity index (χ4n) is 1.19. The third kappa shape index (κ3) is 2.51. The number of primary amides is 1. The number of rotatable bonds is 3. The molecule has 0 aliphatic carbocycles. The molecule has 74 valence electrons. The lowest BCUT2D eigenvalue weighted by atomic mass is 9.93.